The topological polar surface area (TPSA) is 84.1 Å². The Hall–Kier alpha value is -2.68. The monoisotopic (exact) mass is 365 g/mol. The van der Waals surface area contributed by atoms with Gasteiger partial charge in [0.2, 0.25) is 5.95 Å². The zero-order valence-corrected chi connectivity index (χ0v) is 14.0. The molecule has 1 aliphatic rings. The number of aromatic nitrogens is 2. The lowest BCUT2D eigenvalue weighted by Crippen LogP contribution is -2.30. The summed E-state index contributed by atoms with van der Waals surface area (Å²) in [5.41, 5.74) is 5.44. The fraction of sp³-hybridized carbons (Fsp3) is 0.353. The predicted octanol–water partition coefficient (Wildman–Crippen LogP) is 2.06. The number of carbonyl (C=O) groups is 1. The van der Waals surface area contributed by atoms with Crippen LogP contribution in [0.2, 0.25) is 0 Å². The van der Waals surface area contributed by atoms with Crippen molar-refractivity contribution in [1.29, 1.82) is 0 Å². The summed E-state index contributed by atoms with van der Waals surface area (Å²) in [6, 6.07) is 6.27. The molecule has 0 aliphatic carbocycles. The van der Waals surface area contributed by atoms with Crippen LogP contribution in [0.5, 0.6) is 0 Å². The van der Waals surface area contributed by atoms with E-state index in [0.29, 0.717) is 30.3 Å². The molecule has 0 bridgehead atoms. The van der Waals surface area contributed by atoms with Gasteiger partial charge in [-0.15, -0.1) is 0 Å². The summed E-state index contributed by atoms with van der Waals surface area (Å²) in [5.74, 6) is -0.375. The van der Waals surface area contributed by atoms with Crippen LogP contribution >= 0.6 is 0 Å². The van der Waals surface area contributed by atoms with Crippen LogP contribution in [0.3, 0.4) is 0 Å². The number of anilines is 1. The number of nitrogens with two attached hydrogens (primary N) is 1. The maximum Gasteiger partial charge on any atom is 0.416 e. The molecule has 6 nitrogen and oxygen atoms in total. The van der Waals surface area contributed by atoms with Crippen LogP contribution in [0.4, 0.5) is 19.1 Å². The van der Waals surface area contributed by atoms with Crippen LogP contribution in [-0.4, -0.2) is 42.1 Å². The molecule has 1 aromatic heterocycles. The third-order valence-corrected chi connectivity index (χ3v) is 4.35. The van der Waals surface area contributed by atoms with E-state index in [1.54, 1.807) is 0 Å². The first-order valence-corrected chi connectivity index (χ1v) is 8.06. The first-order chi connectivity index (χ1) is 12.3. The van der Waals surface area contributed by atoms with Gasteiger partial charge >= 0.3 is 6.18 Å². The number of benzene rings is 1. The van der Waals surface area contributed by atoms with E-state index in [0.717, 1.165) is 18.6 Å². The SMILES string of the molecule is CNC1CCN(c2nc(C(N)=O)cc(-c3ccc(C(F)(F)F)cc3)n2)C1. The molecule has 3 N–H and O–H groups in total. The van der Waals surface area contributed by atoms with E-state index < -0.39 is 17.6 Å². The summed E-state index contributed by atoms with van der Waals surface area (Å²) in [6.07, 6.45) is -3.51. The van der Waals surface area contributed by atoms with Crippen molar-refractivity contribution in [1.82, 2.24) is 15.3 Å². The second-order valence-corrected chi connectivity index (χ2v) is 6.10. The Labute approximate surface area is 148 Å². The number of likely N-dealkylation sites (N-methyl/N-ethyl adjacent to an activating group) is 1. The van der Waals surface area contributed by atoms with Gasteiger partial charge in [-0.2, -0.15) is 13.2 Å². The highest BCUT2D eigenvalue weighted by atomic mass is 19.4. The molecule has 138 valence electrons. The van der Waals surface area contributed by atoms with E-state index >= 15 is 0 Å². The van der Waals surface area contributed by atoms with Gasteiger partial charge in [0.05, 0.1) is 11.3 Å². The Morgan fingerprint density at radius 3 is 2.50 bits per heavy atom. The number of halogens is 3. The van der Waals surface area contributed by atoms with E-state index in [4.69, 9.17) is 5.73 Å². The molecule has 1 saturated heterocycles. The van der Waals surface area contributed by atoms with Gasteiger partial charge in [-0.05, 0) is 31.7 Å². The maximum atomic E-state index is 12.7. The van der Waals surface area contributed by atoms with E-state index in [2.05, 4.69) is 15.3 Å². The molecule has 1 aromatic carbocycles. The van der Waals surface area contributed by atoms with Crippen LogP contribution in [0.1, 0.15) is 22.5 Å². The van der Waals surface area contributed by atoms with Crippen molar-refractivity contribution in [2.45, 2.75) is 18.6 Å². The van der Waals surface area contributed by atoms with Gasteiger partial charge < -0.3 is 16.0 Å². The Balaban J connectivity index is 1.97. The van der Waals surface area contributed by atoms with E-state index in [-0.39, 0.29) is 11.7 Å². The minimum absolute atomic E-state index is 0.0257. The largest absolute Gasteiger partial charge is 0.416 e. The lowest BCUT2D eigenvalue weighted by atomic mass is 10.1. The van der Waals surface area contributed by atoms with Crippen molar-refractivity contribution >= 4 is 11.9 Å². The van der Waals surface area contributed by atoms with Crippen LogP contribution in [0.25, 0.3) is 11.3 Å². The second kappa shape index (κ2) is 6.91. The average Bonchev–Trinajstić information content (AvgIpc) is 3.10. The Morgan fingerprint density at radius 1 is 1.27 bits per heavy atom. The molecule has 0 radical (unpaired) electrons. The normalized spacial score (nSPS) is 17.5. The average molecular weight is 365 g/mol. The molecule has 2 heterocycles. The summed E-state index contributed by atoms with van der Waals surface area (Å²) in [4.78, 5) is 22.2. The van der Waals surface area contributed by atoms with Crippen molar-refractivity contribution in [2.24, 2.45) is 5.73 Å². The Morgan fingerprint density at radius 2 is 1.96 bits per heavy atom. The number of rotatable bonds is 4. The fourth-order valence-corrected chi connectivity index (χ4v) is 2.86. The smallest absolute Gasteiger partial charge is 0.364 e. The van der Waals surface area contributed by atoms with Crippen LogP contribution in [-0.2, 0) is 6.18 Å². The van der Waals surface area contributed by atoms with Crippen molar-refractivity contribution in [3.05, 3.63) is 41.6 Å². The number of carbonyl (C=O) groups excluding carboxylic acids is 1. The summed E-state index contributed by atoms with van der Waals surface area (Å²) in [5, 5.41) is 3.17. The highest BCUT2D eigenvalue weighted by Crippen LogP contribution is 2.31. The number of primary amides is 1. The van der Waals surface area contributed by atoms with Crippen LogP contribution in [0, 0.1) is 0 Å². The van der Waals surface area contributed by atoms with Crippen molar-refractivity contribution < 1.29 is 18.0 Å². The molecule has 1 fully saturated rings. The minimum atomic E-state index is -4.41. The van der Waals surface area contributed by atoms with E-state index in [1.807, 2.05) is 11.9 Å². The third-order valence-electron chi connectivity index (χ3n) is 4.35. The molecule has 0 spiro atoms. The number of hydrogen-bond donors (Lipinski definition) is 2. The predicted molar refractivity (Wildman–Crippen MR) is 90.7 cm³/mol. The van der Waals surface area contributed by atoms with Crippen molar-refractivity contribution in [3.63, 3.8) is 0 Å². The van der Waals surface area contributed by atoms with Gasteiger partial charge in [-0.1, -0.05) is 12.1 Å². The molecule has 1 amide bonds. The fourth-order valence-electron chi connectivity index (χ4n) is 2.86. The van der Waals surface area contributed by atoms with Gasteiger partial charge in [0.15, 0.2) is 0 Å². The zero-order valence-electron chi connectivity index (χ0n) is 14.0. The highest BCUT2D eigenvalue weighted by Gasteiger charge is 2.30. The van der Waals surface area contributed by atoms with Crippen LogP contribution < -0.4 is 16.0 Å². The molecule has 1 unspecified atom stereocenters. The molecular weight excluding hydrogens is 347 g/mol. The van der Waals surface area contributed by atoms with Crippen molar-refractivity contribution in [2.75, 3.05) is 25.0 Å². The molecule has 9 heteroatoms. The maximum absolute atomic E-state index is 12.7. The molecule has 3 rings (SSSR count). The summed E-state index contributed by atoms with van der Waals surface area (Å²) < 4.78 is 38.2. The van der Waals surface area contributed by atoms with Gasteiger partial charge in [-0.3, -0.25) is 4.79 Å². The van der Waals surface area contributed by atoms with Crippen molar-refractivity contribution in [3.8, 4) is 11.3 Å². The quantitative estimate of drug-likeness (QED) is 0.867. The first kappa shape index (κ1) is 18.1. The Kier molecular flexibility index (Phi) is 4.82. The Bertz CT molecular complexity index is 807. The number of nitrogens with one attached hydrogen (secondary N) is 1. The zero-order chi connectivity index (χ0) is 18.9. The van der Waals surface area contributed by atoms with E-state index in [1.165, 1.54) is 18.2 Å². The van der Waals surface area contributed by atoms with E-state index in [9.17, 15) is 18.0 Å². The standard InChI is InChI=1S/C17H18F3N5O/c1-22-12-6-7-25(9-12)16-23-13(8-14(24-16)15(21)26)10-2-4-11(5-3-10)17(18,19)20/h2-5,8,12,22H,6-7,9H2,1H3,(H2,21,26). The lowest BCUT2D eigenvalue weighted by molar-refractivity contribution is -0.137. The molecule has 0 saturated carbocycles. The van der Waals surface area contributed by atoms with Gasteiger partial charge in [0, 0.05) is 24.7 Å². The molecule has 2 aromatic rings. The van der Waals surface area contributed by atoms with Gasteiger partial charge in [0.25, 0.3) is 5.91 Å². The number of alkyl halides is 3. The number of nitrogens with zero attached hydrogens (tertiary/aromatic N) is 3. The molecular formula is C17H18F3N5O. The molecule has 26 heavy (non-hydrogen) atoms. The van der Waals surface area contributed by atoms with Gasteiger partial charge in [-0.25, -0.2) is 9.97 Å². The molecule has 1 atom stereocenters. The number of amides is 1. The lowest BCUT2D eigenvalue weighted by Gasteiger charge is -2.18. The first-order valence-electron chi connectivity index (χ1n) is 8.06. The molecule has 1 aliphatic heterocycles. The third kappa shape index (κ3) is 3.77. The summed E-state index contributed by atoms with van der Waals surface area (Å²) in [6.45, 7) is 1.38. The minimum Gasteiger partial charge on any atom is -0.364 e. The number of hydrogen-bond acceptors (Lipinski definition) is 5. The summed E-state index contributed by atoms with van der Waals surface area (Å²) in [7, 11) is 1.86. The van der Waals surface area contributed by atoms with Crippen LogP contribution in [0.15, 0.2) is 30.3 Å². The summed E-state index contributed by atoms with van der Waals surface area (Å²) >= 11 is 0. The van der Waals surface area contributed by atoms with Gasteiger partial charge in [0.1, 0.15) is 5.69 Å². The highest BCUT2D eigenvalue weighted by molar-refractivity contribution is 5.92. The second-order valence-electron chi connectivity index (χ2n) is 6.10.